The van der Waals surface area contributed by atoms with Gasteiger partial charge in [-0.1, -0.05) is 47.6 Å². The lowest BCUT2D eigenvalue weighted by atomic mass is 10.0. The van der Waals surface area contributed by atoms with Crippen molar-refractivity contribution in [2.45, 2.75) is 13.0 Å². The van der Waals surface area contributed by atoms with Crippen molar-refractivity contribution in [2.24, 2.45) is 5.16 Å². The van der Waals surface area contributed by atoms with Crippen LogP contribution in [-0.2, 0) is 0 Å². The molecule has 5 nitrogen and oxygen atoms in total. The summed E-state index contributed by atoms with van der Waals surface area (Å²) >= 11 is 0. The lowest BCUT2D eigenvalue weighted by Gasteiger charge is -2.23. The number of rotatable bonds is 3. The summed E-state index contributed by atoms with van der Waals surface area (Å²) in [6, 6.07) is 15.0. The molecule has 1 N–H and O–H groups in total. The zero-order chi connectivity index (χ0) is 15.7. The van der Waals surface area contributed by atoms with E-state index >= 15 is 0 Å². The van der Waals surface area contributed by atoms with Crippen molar-refractivity contribution in [1.29, 1.82) is 0 Å². The molecule has 0 aliphatic carbocycles. The second kappa shape index (κ2) is 5.44. The van der Waals surface area contributed by atoms with Gasteiger partial charge in [0, 0.05) is 5.56 Å². The van der Waals surface area contributed by atoms with Crippen LogP contribution in [-0.4, -0.2) is 33.7 Å². The number of imide groups is 1. The number of carbonyl (C=O) groups excluding carboxylic acids is 2. The van der Waals surface area contributed by atoms with Crippen molar-refractivity contribution in [3.63, 3.8) is 0 Å². The average Bonchev–Trinajstić information content (AvgIpc) is 2.81. The minimum absolute atomic E-state index is 0.273. The Morgan fingerprint density at radius 2 is 1.45 bits per heavy atom. The minimum atomic E-state index is -0.667. The van der Waals surface area contributed by atoms with E-state index in [0.717, 1.165) is 4.90 Å². The molecule has 3 rings (SSSR count). The van der Waals surface area contributed by atoms with Crippen molar-refractivity contribution in [3.05, 3.63) is 71.3 Å². The summed E-state index contributed by atoms with van der Waals surface area (Å²) in [6.07, 6.45) is 0. The van der Waals surface area contributed by atoms with Crippen LogP contribution in [0.1, 0.15) is 33.2 Å². The van der Waals surface area contributed by atoms with Crippen LogP contribution in [0.2, 0.25) is 0 Å². The van der Waals surface area contributed by atoms with Crippen LogP contribution in [0.4, 0.5) is 0 Å². The van der Waals surface area contributed by atoms with Crippen LogP contribution in [0.25, 0.3) is 0 Å². The van der Waals surface area contributed by atoms with Gasteiger partial charge in [-0.3, -0.25) is 14.5 Å². The molecule has 5 heteroatoms. The Bertz CT molecular complexity index is 733. The third-order valence-electron chi connectivity index (χ3n) is 3.79. The third kappa shape index (κ3) is 2.07. The van der Waals surface area contributed by atoms with E-state index in [1.807, 2.05) is 6.07 Å². The molecule has 2 aromatic rings. The van der Waals surface area contributed by atoms with E-state index in [9.17, 15) is 14.8 Å². The van der Waals surface area contributed by atoms with Crippen LogP contribution >= 0.6 is 0 Å². The number of amides is 2. The maximum atomic E-state index is 12.5. The average molecular weight is 294 g/mol. The van der Waals surface area contributed by atoms with E-state index in [1.54, 1.807) is 55.5 Å². The SMILES string of the molecule is C[C@@H](/C(=N/O)c1ccccc1)N1C(=O)c2ccccc2C1=O. The first-order chi connectivity index (χ1) is 10.6. The molecule has 1 aliphatic heterocycles. The monoisotopic (exact) mass is 294 g/mol. The summed E-state index contributed by atoms with van der Waals surface area (Å²) in [5, 5.41) is 12.6. The van der Waals surface area contributed by atoms with Crippen molar-refractivity contribution in [2.75, 3.05) is 0 Å². The van der Waals surface area contributed by atoms with Gasteiger partial charge in [-0.2, -0.15) is 0 Å². The van der Waals surface area contributed by atoms with Gasteiger partial charge in [-0.05, 0) is 19.1 Å². The summed E-state index contributed by atoms with van der Waals surface area (Å²) < 4.78 is 0. The van der Waals surface area contributed by atoms with Crippen molar-refractivity contribution >= 4 is 17.5 Å². The quantitative estimate of drug-likeness (QED) is 0.409. The molecule has 110 valence electrons. The van der Waals surface area contributed by atoms with Crippen molar-refractivity contribution in [1.82, 2.24) is 4.90 Å². The summed E-state index contributed by atoms with van der Waals surface area (Å²) in [5.74, 6) is -0.740. The highest BCUT2D eigenvalue weighted by Crippen LogP contribution is 2.25. The number of carbonyl (C=O) groups is 2. The number of hydrogen-bond acceptors (Lipinski definition) is 4. The smallest absolute Gasteiger partial charge is 0.262 e. The Morgan fingerprint density at radius 1 is 0.955 bits per heavy atom. The Labute approximate surface area is 127 Å². The number of nitrogens with zero attached hydrogens (tertiary/aromatic N) is 2. The van der Waals surface area contributed by atoms with E-state index < -0.39 is 6.04 Å². The molecule has 2 aromatic carbocycles. The van der Waals surface area contributed by atoms with Gasteiger partial charge >= 0.3 is 0 Å². The zero-order valence-corrected chi connectivity index (χ0v) is 11.9. The Kier molecular flexibility index (Phi) is 3.47. The summed E-state index contributed by atoms with van der Waals surface area (Å²) in [7, 11) is 0. The number of oxime groups is 1. The van der Waals surface area contributed by atoms with Gasteiger partial charge in [-0.15, -0.1) is 0 Å². The largest absolute Gasteiger partial charge is 0.411 e. The highest BCUT2D eigenvalue weighted by molar-refractivity contribution is 6.24. The second-order valence-electron chi connectivity index (χ2n) is 5.05. The van der Waals surface area contributed by atoms with Gasteiger partial charge in [0.15, 0.2) is 0 Å². The van der Waals surface area contributed by atoms with Crippen LogP contribution in [0.5, 0.6) is 0 Å². The standard InChI is InChI=1S/C17H14N2O3/c1-11(15(18-22)12-7-3-2-4-8-12)19-16(20)13-9-5-6-10-14(13)17(19)21/h2-11,22H,1H3/b18-15-/t11-/m0/s1. The topological polar surface area (TPSA) is 70.0 Å². The van der Waals surface area contributed by atoms with E-state index in [-0.39, 0.29) is 17.5 Å². The molecule has 22 heavy (non-hydrogen) atoms. The third-order valence-corrected chi connectivity index (χ3v) is 3.79. The molecular weight excluding hydrogens is 280 g/mol. The fourth-order valence-electron chi connectivity index (χ4n) is 2.67. The van der Waals surface area contributed by atoms with E-state index in [1.165, 1.54) is 0 Å². The molecular formula is C17H14N2O3. The molecule has 0 radical (unpaired) electrons. The summed E-state index contributed by atoms with van der Waals surface area (Å²) in [5.41, 5.74) is 1.69. The highest BCUT2D eigenvalue weighted by Gasteiger charge is 2.40. The first kappa shape index (κ1) is 14.0. The Morgan fingerprint density at radius 3 is 1.95 bits per heavy atom. The molecule has 0 unspecified atom stereocenters. The fourth-order valence-corrected chi connectivity index (χ4v) is 2.67. The second-order valence-corrected chi connectivity index (χ2v) is 5.05. The molecule has 0 bridgehead atoms. The van der Waals surface area contributed by atoms with E-state index in [4.69, 9.17) is 0 Å². The Balaban J connectivity index is 1.98. The number of fused-ring (bicyclic) bond motifs is 1. The van der Waals surface area contributed by atoms with Gasteiger partial charge < -0.3 is 5.21 Å². The van der Waals surface area contributed by atoms with Gasteiger partial charge in [0.25, 0.3) is 11.8 Å². The molecule has 0 fully saturated rings. The Hall–Kier alpha value is -2.95. The lowest BCUT2D eigenvalue weighted by molar-refractivity contribution is 0.0634. The van der Waals surface area contributed by atoms with Gasteiger partial charge in [0.2, 0.25) is 0 Å². The normalized spacial score (nSPS) is 15.9. The van der Waals surface area contributed by atoms with Crippen molar-refractivity contribution in [3.8, 4) is 0 Å². The lowest BCUT2D eigenvalue weighted by Crippen LogP contribution is -2.43. The molecule has 2 amide bonds. The maximum absolute atomic E-state index is 12.5. The van der Waals surface area contributed by atoms with E-state index in [2.05, 4.69) is 5.16 Å². The molecule has 0 saturated heterocycles. The predicted octanol–water partition coefficient (Wildman–Crippen LogP) is 2.55. The minimum Gasteiger partial charge on any atom is -0.411 e. The molecule has 1 heterocycles. The fraction of sp³-hybridized carbons (Fsp3) is 0.118. The molecule has 0 saturated carbocycles. The van der Waals surface area contributed by atoms with Gasteiger partial charge in [0.05, 0.1) is 17.2 Å². The van der Waals surface area contributed by atoms with Crippen LogP contribution < -0.4 is 0 Å². The van der Waals surface area contributed by atoms with Gasteiger partial charge in [-0.25, -0.2) is 0 Å². The van der Waals surface area contributed by atoms with Crippen LogP contribution in [0.15, 0.2) is 59.8 Å². The molecule has 0 spiro atoms. The van der Waals surface area contributed by atoms with Crippen LogP contribution in [0, 0.1) is 0 Å². The van der Waals surface area contributed by atoms with E-state index in [0.29, 0.717) is 16.7 Å². The molecule has 1 aliphatic rings. The van der Waals surface area contributed by atoms with Gasteiger partial charge in [0.1, 0.15) is 5.71 Å². The zero-order valence-electron chi connectivity index (χ0n) is 11.9. The first-order valence-corrected chi connectivity index (χ1v) is 6.89. The summed E-state index contributed by atoms with van der Waals surface area (Å²) in [4.78, 5) is 26.1. The number of benzene rings is 2. The highest BCUT2D eigenvalue weighted by atomic mass is 16.4. The maximum Gasteiger partial charge on any atom is 0.262 e. The first-order valence-electron chi connectivity index (χ1n) is 6.89. The molecule has 0 aromatic heterocycles. The van der Waals surface area contributed by atoms with Crippen molar-refractivity contribution < 1.29 is 14.8 Å². The number of hydrogen-bond donors (Lipinski definition) is 1. The summed E-state index contributed by atoms with van der Waals surface area (Å²) in [6.45, 7) is 1.67. The predicted molar refractivity (Wildman–Crippen MR) is 81.2 cm³/mol. The molecule has 1 atom stereocenters. The van der Waals surface area contributed by atoms with Crippen LogP contribution in [0.3, 0.4) is 0 Å².